The third-order valence-electron chi connectivity index (χ3n) is 5.36. The maximum absolute atomic E-state index is 12.6. The lowest BCUT2D eigenvalue weighted by molar-refractivity contribution is -0.115. The second kappa shape index (κ2) is 9.10. The van der Waals surface area contributed by atoms with E-state index in [1.165, 1.54) is 17.3 Å². The van der Waals surface area contributed by atoms with Gasteiger partial charge in [0.2, 0.25) is 0 Å². The number of fused-ring (bicyclic) bond motifs is 1. The highest BCUT2D eigenvalue weighted by Crippen LogP contribution is 2.32. The fraction of sp³-hybridized carbons (Fsp3) is 0.0769. The number of amides is 1. The first-order valence-electron chi connectivity index (χ1n) is 10.3. The van der Waals surface area contributed by atoms with Gasteiger partial charge in [0.25, 0.3) is 5.91 Å². The van der Waals surface area contributed by atoms with E-state index in [9.17, 15) is 4.79 Å². The lowest BCUT2D eigenvalue weighted by Crippen LogP contribution is -2.19. The minimum absolute atomic E-state index is 0.146. The predicted molar refractivity (Wildman–Crippen MR) is 139 cm³/mol. The molecule has 4 nitrogen and oxygen atoms in total. The monoisotopic (exact) mass is 491 g/mol. The number of benzene rings is 3. The van der Waals surface area contributed by atoms with Crippen molar-refractivity contribution in [2.75, 3.05) is 0 Å². The summed E-state index contributed by atoms with van der Waals surface area (Å²) in [5, 5.41) is 5.59. The van der Waals surface area contributed by atoms with Crippen molar-refractivity contribution < 1.29 is 4.79 Å². The van der Waals surface area contributed by atoms with Crippen LogP contribution in [-0.4, -0.2) is 15.6 Å². The van der Waals surface area contributed by atoms with Crippen molar-refractivity contribution >= 4 is 68.7 Å². The zero-order valence-corrected chi connectivity index (χ0v) is 20.0. The molecule has 0 saturated carbocycles. The number of carbonyl (C=O) groups is 1. The van der Waals surface area contributed by atoms with Gasteiger partial charge in [-0.3, -0.25) is 4.79 Å². The van der Waals surface area contributed by atoms with E-state index in [-0.39, 0.29) is 5.91 Å². The summed E-state index contributed by atoms with van der Waals surface area (Å²) >= 11 is 13.6. The first-order chi connectivity index (χ1) is 16.0. The van der Waals surface area contributed by atoms with E-state index in [4.69, 9.17) is 23.2 Å². The number of carbonyl (C=O) groups excluding carboxylic acids is 1. The van der Waals surface area contributed by atoms with Gasteiger partial charge in [-0.1, -0.05) is 65.2 Å². The highest BCUT2D eigenvalue weighted by molar-refractivity contribution is 8.18. The zero-order valence-electron chi connectivity index (χ0n) is 17.7. The molecule has 0 atom stereocenters. The van der Waals surface area contributed by atoms with E-state index in [0.29, 0.717) is 26.7 Å². The molecule has 1 aliphatic heterocycles. The molecule has 33 heavy (non-hydrogen) atoms. The van der Waals surface area contributed by atoms with Crippen LogP contribution in [-0.2, 0) is 11.3 Å². The molecule has 2 heterocycles. The number of hydrogen-bond acceptors (Lipinski definition) is 3. The molecule has 1 aliphatic rings. The van der Waals surface area contributed by atoms with Gasteiger partial charge in [0.15, 0.2) is 5.17 Å². The van der Waals surface area contributed by atoms with Crippen LogP contribution in [0.15, 0.2) is 82.8 Å². The molecule has 4 aromatic rings. The van der Waals surface area contributed by atoms with Crippen molar-refractivity contribution in [3.63, 3.8) is 0 Å². The molecule has 164 valence electrons. The molecule has 1 fully saturated rings. The number of nitrogens with zero attached hydrogens (tertiary/aromatic N) is 2. The van der Waals surface area contributed by atoms with Crippen LogP contribution in [0.4, 0.5) is 5.69 Å². The molecule has 3 aromatic carbocycles. The molecule has 5 rings (SSSR count). The quantitative estimate of drug-likeness (QED) is 0.307. The zero-order chi connectivity index (χ0) is 22.9. The number of para-hydroxylation sites is 1. The molecule has 0 aliphatic carbocycles. The highest BCUT2D eigenvalue weighted by atomic mass is 35.5. The first kappa shape index (κ1) is 21.8. The lowest BCUT2D eigenvalue weighted by atomic mass is 10.1. The molecule has 7 heteroatoms. The average molecular weight is 492 g/mol. The summed E-state index contributed by atoms with van der Waals surface area (Å²) in [7, 11) is 0. The van der Waals surface area contributed by atoms with E-state index in [1.54, 1.807) is 0 Å². The first-order valence-corrected chi connectivity index (χ1v) is 11.9. The van der Waals surface area contributed by atoms with Gasteiger partial charge < -0.3 is 9.88 Å². The van der Waals surface area contributed by atoms with Crippen LogP contribution in [0.5, 0.6) is 0 Å². The molecular formula is C26H19Cl2N3OS. The number of rotatable bonds is 4. The van der Waals surface area contributed by atoms with E-state index >= 15 is 0 Å². The fourth-order valence-electron chi connectivity index (χ4n) is 3.71. The molecule has 1 amide bonds. The van der Waals surface area contributed by atoms with Gasteiger partial charge in [0.05, 0.1) is 20.6 Å². The molecule has 0 bridgehead atoms. The standard InChI is InChI=1S/C26H19Cl2N3OS/c1-16-6-9-19(10-7-16)29-26-30-25(32)24(33-26)13-18-15-31(23-5-3-2-4-20(18)23)14-17-8-11-21(27)22(28)12-17/h2-13,15H,14H2,1H3,(H,29,30,32)/b24-13+. The van der Waals surface area contributed by atoms with Crippen molar-refractivity contribution in [2.24, 2.45) is 4.99 Å². The Bertz CT molecular complexity index is 1440. The summed E-state index contributed by atoms with van der Waals surface area (Å²) in [6, 6.07) is 21.7. The Morgan fingerprint density at radius 2 is 1.82 bits per heavy atom. The van der Waals surface area contributed by atoms with Crippen molar-refractivity contribution in [1.82, 2.24) is 9.88 Å². The van der Waals surface area contributed by atoms with Gasteiger partial charge in [0, 0.05) is 29.2 Å². The van der Waals surface area contributed by atoms with Crippen LogP contribution in [0.3, 0.4) is 0 Å². The minimum atomic E-state index is -0.146. The van der Waals surface area contributed by atoms with Crippen LogP contribution >= 0.6 is 35.0 Å². The Hall–Kier alpha value is -2.99. The Labute approximate surface area is 205 Å². The van der Waals surface area contributed by atoms with Crippen LogP contribution in [0.1, 0.15) is 16.7 Å². The SMILES string of the molecule is Cc1ccc(N=C2NC(=O)/C(=C\c3cn(Cc4ccc(Cl)c(Cl)c4)c4ccccc34)S2)cc1. The van der Waals surface area contributed by atoms with E-state index < -0.39 is 0 Å². The van der Waals surface area contributed by atoms with Crippen molar-refractivity contribution in [2.45, 2.75) is 13.5 Å². The Morgan fingerprint density at radius 1 is 1.03 bits per heavy atom. The minimum Gasteiger partial charge on any atom is -0.342 e. The fourth-order valence-corrected chi connectivity index (χ4v) is 4.87. The van der Waals surface area contributed by atoms with Crippen molar-refractivity contribution in [1.29, 1.82) is 0 Å². The molecule has 1 saturated heterocycles. The Kier molecular flexibility index (Phi) is 6.02. The van der Waals surface area contributed by atoms with Gasteiger partial charge in [-0.05, 0) is 60.7 Å². The summed E-state index contributed by atoms with van der Waals surface area (Å²) in [5.41, 5.74) is 5.07. The number of aliphatic imine (C=N–C) groups is 1. The maximum Gasteiger partial charge on any atom is 0.264 e. The third kappa shape index (κ3) is 4.71. The van der Waals surface area contributed by atoms with E-state index in [2.05, 4.69) is 33.2 Å². The molecule has 1 N–H and O–H groups in total. The number of halogens is 2. The second-order valence-corrected chi connectivity index (χ2v) is 9.64. The molecule has 0 unspecified atom stereocenters. The van der Waals surface area contributed by atoms with Gasteiger partial charge in [-0.15, -0.1) is 0 Å². The van der Waals surface area contributed by atoms with Gasteiger partial charge in [0.1, 0.15) is 0 Å². The van der Waals surface area contributed by atoms with Crippen LogP contribution in [0.25, 0.3) is 17.0 Å². The number of hydrogen-bond donors (Lipinski definition) is 1. The van der Waals surface area contributed by atoms with Crippen molar-refractivity contribution in [3.8, 4) is 0 Å². The summed E-state index contributed by atoms with van der Waals surface area (Å²) in [6.45, 7) is 2.67. The summed E-state index contributed by atoms with van der Waals surface area (Å²) in [5.74, 6) is -0.146. The molecule has 1 aromatic heterocycles. The van der Waals surface area contributed by atoms with Gasteiger partial charge in [-0.25, -0.2) is 4.99 Å². The number of aromatic nitrogens is 1. The van der Waals surface area contributed by atoms with Gasteiger partial charge in [-0.2, -0.15) is 0 Å². The van der Waals surface area contributed by atoms with E-state index in [0.717, 1.165) is 27.7 Å². The van der Waals surface area contributed by atoms with Crippen LogP contribution in [0.2, 0.25) is 10.0 Å². The molecule has 0 radical (unpaired) electrons. The summed E-state index contributed by atoms with van der Waals surface area (Å²) < 4.78 is 2.15. The normalized spacial score (nSPS) is 16.2. The second-order valence-electron chi connectivity index (χ2n) is 7.80. The van der Waals surface area contributed by atoms with Crippen LogP contribution < -0.4 is 5.32 Å². The van der Waals surface area contributed by atoms with Crippen molar-refractivity contribution in [3.05, 3.63) is 105 Å². The Morgan fingerprint density at radius 3 is 2.61 bits per heavy atom. The summed E-state index contributed by atoms with van der Waals surface area (Å²) in [4.78, 5) is 17.8. The number of aryl methyl sites for hydroxylation is 1. The number of amidine groups is 1. The topological polar surface area (TPSA) is 46.4 Å². The lowest BCUT2D eigenvalue weighted by Gasteiger charge is -2.06. The smallest absolute Gasteiger partial charge is 0.264 e. The maximum atomic E-state index is 12.6. The summed E-state index contributed by atoms with van der Waals surface area (Å²) in [6.07, 6.45) is 3.98. The highest BCUT2D eigenvalue weighted by Gasteiger charge is 2.24. The predicted octanol–water partition coefficient (Wildman–Crippen LogP) is 7.20. The number of nitrogens with one attached hydrogen (secondary N) is 1. The largest absolute Gasteiger partial charge is 0.342 e. The average Bonchev–Trinajstić information content (AvgIpc) is 3.32. The van der Waals surface area contributed by atoms with Gasteiger partial charge >= 0.3 is 0 Å². The molecule has 0 spiro atoms. The van der Waals surface area contributed by atoms with E-state index in [1.807, 2.05) is 67.6 Å². The van der Waals surface area contributed by atoms with Crippen LogP contribution in [0, 0.1) is 6.92 Å². The number of thioether (sulfide) groups is 1. The molecular weight excluding hydrogens is 473 g/mol. The third-order valence-corrected chi connectivity index (χ3v) is 7.01. The Balaban J connectivity index is 1.46.